The summed E-state index contributed by atoms with van der Waals surface area (Å²) in [7, 11) is -3.78. The van der Waals surface area contributed by atoms with Crippen LogP contribution in [0, 0.1) is 6.92 Å². The minimum absolute atomic E-state index is 0.119. The van der Waals surface area contributed by atoms with Crippen molar-refractivity contribution in [2.24, 2.45) is 0 Å². The van der Waals surface area contributed by atoms with Gasteiger partial charge in [0.1, 0.15) is 5.82 Å². The van der Waals surface area contributed by atoms with Crippen LogP contribution in [0.1, 0.15) is 19.4 Å². The number of hydrogen-bond acceptors (Lipinski definition) is 6. The molecule has 2 aromatic heterocycles. The Morgan fingerprint density at radius 3 is 2.43 bits per heavy atom. The molecule has 30 heavy (non-hydrogen) atoms. The van der Waals surface area contributed by atoms with Crippen LogP contribution in [-0.2, 0) is 10.0 Å². The van der Waals surface area contributed by atoms with E-state index in [0.717, 1.165) is 10.9 Å². The Morgan fingerprint density at radius 1 is 1.03 bits per heavy atom. The third kappa shape index (κ3) is 3.61. The molecule has 3 N–H and O–H groups in total. The van der Waals surface area contributed by atoms with Crippen molar-refractivity contribution in [3.8, 4) is 11.3 Å². The third-order valence-corrected chi connectivity index (χ3v) is 6.40. The van der Waals surface area contributed by atoms with Gasteiger partial charge in [-0.25, -0.2) is 17.4 Å². The van der Waals surface area contributed by atoms with E-state index in [1.165, 1.54) is 3.97 Å². The van der Waals surface area contributed by atoms with Gasteiger partial charge in [-0.05, 0) is 39.0 Å². The number of aromatic nitrogens is 3. The molecule has 0 aliphatic rings. The quantitative estimate of drug-likeness (QED) is 0.504. The van der Waals surface area contributed by atoms with Crippen LogP contribution in [0.3, 0.4) is 0 Å². The molecule has 0 saturated carbocycles. The lowest BCUT2D eigenvalue weighted by Gasteiger charge is -2.10. The highest BCUT2D eigenvalue weighted by atomic mass is 32.2. The van der Waals surface area contributed by atoms with Crippen LogP contribution in [0.5, 0.6) is 0 Å². The molecule has 0 atom stereocenters. The van der Waals surface area contributed by atoms with Crippen LogP contribution in [0.2, 0.25) is 0 Å². The maximum absolute atomic E-state index is 13.4. The summed E-state index contributed by atoms with van der Waals surface area (Å²) in [5, 5.41) is 3.98. The summed E-state index contributed by atoms with van der Waals surface area (Å²) in [6, 6.07) is 16.1. The normalized spacial score (nSPS) is 11.9. The molecule has 0 radical (unpaired) electrons. The van der Waals surface area contributed by atoms with Crippen molar-refractivity contribution < 1.29 is 8.42 Å². The van der Waals surface area contributed by atoms with Crippen LogP contribution in [0.4, 0.5) is 11.8 Å². The van der Waals surface area contributed by atoms with Crippen molar-refractivity contribution in [2.75, 3.05) is 11.1 Å². The summed E-state index contributed by atoms with van der Waals surface area (Å²) in [6.45, 7) is 5.91. The van der Waals surface area contributed by atoms with E-state index in [0.29, 0.717) is 22.6 Å². The number of benzene rings is 2. The number of nitrogen functional groups attached to an aromatic ring is 1. The predicted molar refractivity (Wildman–Crippen MR) is 120 cm³/mol. The van der Waals surface area contributed by atoms with E-state index in [9.17, 15) is 8.42 Å². The van der Waals surface area contributed by atoms with Gasteiger partial charge in [-0.15, -0.1) is 0 Å². The Bertz CT molecular complexity index is 1330. The van der Waals surface area contributed by atoms with Crippen LogP contribution in [0.15, 0.2) is 65.7 Å². The van der Waals surface area contributed by atoms with Crippen molar-refractivity contribution in [2.45, 2.75) is 31.7 Å². The molecule has 0 aliphatic carbocycles. The second-order valence-electron chi connectivity index (χ2n) is 7.47. The molecule has 154 valence electrons. The second kappa shape index (κ2) is 7.46. The molecule has 0 fully saturated rings. The number of nitrogens with zero attached hydrogens (tertiary/aromatic N) is 3. The third-order valence-electron chi connectivity index (χ3n) is 4.71. The molecule has 0 amide bonds. The van der Waals surface area contributed by atoms with E-state index in [1.54, 1.807) is 42.6 Å². The summed E-state index contributed by atoms with van der Waals surface area (Å²) in [4.78, 5) is 8.81. The highest BCUT2D eigenvalue weighted by Gasteiger charge is 2.22. The number of nitrogens with two attached hydrogens (primary N) is 1. The van der Waals surface area contributed by atoms with Gasteiger partial charge in [-0.2, -0.15) is 4.98 Å². The fraction of sp³-hybridized carbons (Fsp3) is 0.182. The molecular formula is C22H23N5O2S. The Morgan fingerprint density at radius 2 is 1.73 bits per heavy atom. The average molecular weight is 422 g/mol. The lowest BCUT2D eigenvalue weighted by atomic mass is 10.1. The van der Waals surface area contributed by atoms with E-state index in [-0.39, 0.29) is 16.9 Å². The van der Waals surface area contributed by atoms with E-state index in [2.05, 4.69) is 15.3 Å². The van der Waals surface area contributed by atoms with E-state index < -0.39 is 10.0 Å². The van der Waals surface area contributed by atoms with Gasteiger partial charge in [0.2, 0.25) is 5.95 Å². The topological polar surface area (TPSA) is 103 Å². The van der Waals surface area contributed by atoms with Gasteiger partial charge in [0.25, 0.3) is 10.0 Å². The van der Waals surface area contributed by atoms with E-state index >= 15 is 0 Å². The standard InChI is InChI=1S/C22H23N5O2S/c1-14(2)24-21-12-19(25-22(23)26-21)18-13-27(20-7-5-4-6-17(18)20)30(28,29)16-10-8-15(3)9-11-16/h4-14H,1-3H3,(H3,23,24,25,26). The smallest absolute Gasteiger partial charge is 0.268 e. The van der Waals surface area contributed by atoms with Crippen molar-refractivity contribution >= 4 is 32.7 Å². The number of para-hydroxylation sites is 1. The van der Waals surface area contributed by atoms with E-state index in [4.69, 9.17) is 5.73 Å². The van der Waals surface area contributed by atoms with Crippen molar-refractivity contribution in [1.82, 2.24) is 13.9 Å². The van der Waals surface area contributed by atoms with Gasteiger partial charge in [0.05, 0.1) is 16.1 Å². The molecule has 2 heterocycles. The first-order chi connectivity index (χ1) is 14.3. The van der Waals surface area contributed by atoms with E-state index in [1.807, 2.05) is 39.0 Å². The number of anilines is 2. The zero-order valence-electron chi connectivity index (χ0n) is 17.0. The fourth-order valence-corrected chi connectivity index (χ4v) is 4.72. The molecule has 7 nitrogen and oxygen atoms in total. The first-order valence-corrected chi connectivity index (χ1v) is 11.0. The SMILES string of the molecule is Cc1ccc(S(=O)(=O)n2cc(-c3cc(NC(C)C)nc(N)n3)c3ccccc32)cc1. The summed E-state index contributed by atoms with van der Waals surface area (Å²) in [5.74, 6) is 0.708. The molecule has 0 unspecified atom stereocenters. The van der Waals surface area contributed by atoms with Gasteiger partial charge in [0.15, 0.2) is 0 Å². The molecule has 8 heteroatoms. The predicted octanol–water partition coefficient (Wildman–Crippen LogP) is 4.05. The highest BCUT2D eigenvalue weighted by molar-refractivity contribution is 7.90. The van der Waals surface area contributed by atoms with Gasteiger partial charge in [0, 0.05) is 29.3 Å². The highest BCUT2D eigenvalue weighted by Crippen LogP contribution is 2.33. The summed E-state index contributed by atoms with van der Waals surface area (Å²) in [6.07, 6.45) is 1.60. The van der Waals surface area contributed by atoms with Gasteiger partial charge < -0.3 is 11.1 Å². The average Bonchev–Trinajstić information content (AvgIpc) is 3.08. The minimum Gasteiger partial charge on any atom is -0.368 e. The Balaban J connectivity index is 1.93. The Kier molecular flexibility index (Phi) is 4.95. The molecule has 4 aromatic rings. The fourth-order valence-electron chi connectivity index (χ4n) is 3.35. The van der Waals surface area contributed by atoms with Crippen molar-refractivity contribution in [3.05, 3.63) is 66.4 Å². The summed E-state index contributed by atoms with van der Waals surface area (Å²) in [5.41, 5.74) is 8.72. The molecule has 0 saturated heterocycles. The summed E-state index contributed by atoms with van der Waals surface area (Å²) >= 11 is 0. The van der Waals surface area contributed by atoms with Crippen LogP contribution >= 0.6 is 0 Å². The Labute approximate surface area is 175 Å². The van der Waals surface area contributed by atoms with Crippen molar-refractivity contribution in [3.63, 3.8) is 0 Å². The lowest BCUT2D eigenvalue weighted by molar-refractivity contribution is 0.589. The maximum Gasteiger partial charge on any atom is 0.268 e. The van der Waals surface area contributed by atoms with Crippen LogP contribution in [-0.4, -0.2) is 28.4 Å². The van der Waals surface area contributed by atoms with Gasteiger partial charge in [-0.1, -0.05) is 35.9 Å². The van der Waals surface area contributed by atoms with Gasteiger partial charge in [-0.3, -0.25) is 0 Å². The maximum atomic E-state index is 13.4. The monoisotopic (exact) mass is 421 g/mol. The summed E-state index contributed by atoms with van der Waals surface area (Å²) < 4.78 is 28.1. The number of aryl methyl sites for hydroxylation is 1. The van der Waals surface area contributed by atoms with Gasteiger partial charge >= 0.3 is 0 Å². The zero-order valence-corrected chi connectivity index (χ0v) is 17.8. The molecule has 4 rings (SSSR count). The number of rotatable bonds is 5. The first kappa shape index (κ1) is 19.9. The number of fused-ring (bicyclic) bond motifs is 1. The molecular weight excluding hydrogens is 398 g/mol. The van der Waals surface area contributed by atoms with Crippen LogP contribution in [0.25, 0.3) is 22.2 Å². The second-order valence-corrected chi connectivity index (χ2v) is 9.28. The number of hydrogen-bond donors (Lipinski definition) is 2. The Hall–Kier alpha value is -3.39. The molecule has 0 spiro atoms. The number of nitrogens with one attached hydrogen (secondary N) is 1. The molecule has 0 aliphatic heterocycles. The minimum atomic E-state index is -3.78. The molecule has 2 aromatic carbocycles. The van der Waals surface area contributed by atoms with Crippen molar-refractivity contribution in [1.29, 1.82) is 0 Å². The lowest BCUT2D eigenvalue weighted by Crippen LogP contribution is -2.12. The van der Waals surface area contributed by atoms with Crippen LogP contribution < -0.4 is 11.1 Å². The molecule has 0 bridgehead atoms. The first-order valence-electron chi connectivity index (χ1n) is 9.59. The largest absolute Gasteiger partial charge is 0.368 e. The zero-order chi connectivity index (χ0) is 21.5.